The summed E-state index contributed by atoms with van der Waals surface area (Å²) in [4.78, 5) is 0. The lowest BCUT2D eigenvalue weighted by atomic mass is 10.8. The molecular formula is C2H8N6. The average Bonchev–Trinajstić information content (AvgIpc) is 2.14. The van der Waals surface area contributed by atoms with Gasteiger partial charge in [-0.25, -0.2) is 11.0 Å². The molecule has 8 heavy (non-hydrogen) atoms. The van der Waals surface area contributed by atoms with Crippen molar-refractivity contribution in [2.45, 2.75) is 6.29 Å². The van der Waals surface area contributed by atoms with Crippen LogP contribution in [0.25, 0.3) is 0 Å². The average molecular weight is 116 g/mol. The summed E-state index contributed by atoms with van der Waals surface area (Å²) in [6.07, 6.45) is -0.227. The minimum atomic E-state index is -0.227. The second kappa shape index (κ2) is 2.03. The summed E-state index contributed by atoms with van der Waals surface area (Å²) in [5.74, 6) is 5.04. The van der Waals surface area contributed by atoms with Crippen LogP contribution in [0.4, 0.5) is 0 Å². The van der Waals surface area contributed by atoms with Crippen molar-refractivity contribution in [3.63, 3.8) is 0 Å². The Hall–Kier alpha value is -0.720. The van der Waals surface area contributed by atoms with Gasteiger partial charge in [-0.1, -0.05) is 5.22 Å². The van der Waals surface area contributed by atoms with Crippen molar-refractivity contribution < 1.29 is 0 Å². The zero-order valence-corrected chi connectivity index (χ0v) is 4.50. The normalized spacial score (nSPS) is 28.5. The van der Waals surface area contributed by atoms with E-state index >= 15 is 0 Å². The number of hydrogen-bond donors (Lipinski definition) is 3. The molecule has 6 heteroatoms. The Bertz CT molecular complexity index is 98.7. The van der Waals surface area contributed by atoms with E-state index < -0.39 is 0 Å². The minimum Gasteiger partial charge on any atom is -0.268 e. The predicted molar refractivity (Wildman–Crippen MR) is 26.9 cm³/mol. The van der Waals surface area contributed by atoms with Crippen LogP contribution in [0, 0.1) is 0 Å². The molecule has 0 amide bonds. The van der Waals surface area contributed by atoms with Crippen molar-refractivity contribution >= 4 is 0 Å². The highest BCUT2D eigenvalue weighted by Gasteiger charge is 2.14. The van der Waals surface area contributed by atoms with E-state index in [4.69, 9.17) is 5.84 Å². The van der Waals surface area contributed by atoms with E-state index in [9.17, 15) is 0 Å². The van der Waals surface area contributed by atoms with Gasteiger partial charge in [0.2, 0.25) is 6.29 Å². The van der Waals surface area contributed by atoms with Crippen LogP contribution in [0.5, 0.6) is 0 Å². The Morgan fingerprint density at radius 2 is 2.62 bits per heavy atom. The van der Waals surface area contributed by atoms with Gasteiger partial charge in [0.05, 0.1) is 0 Å². The first-order chi connectivity index (χ1) is 3.84. The molecule has 1 rings (SSSR count). The molecule has 1 atom stereocenters. The van der Waals surface area contributed by atoms with Crippen LogP contribution in [-0.2, 0) is 0 Å². The summed E-state index contributed by atoms with van der Waals surface area (Å²) in [6.45, 7) is 0. The number of nitrogens with one attached hydrogen (secondary N) is 2. The maximum Gasteiger partial charge on any atom is 0.208 e. The van der Waals surface area contributed by atoms with Gasteiger partial charge < -0.3 is 0 Å². The lowest BCUT2D eigenvalue weighted by Gasteiger charge is -2.12. The van der Waals surface area contributed by atoms with E-state index in [2.05, 4.69) is 21.3 Å². The number of nitrogens with zero attached hydrogens (tertiary/aromatic N) is 3. The molecule has 1 heterocycles. The monoisotopic (exact) mass is 116 g/mol. The molecule has 6 nitrogen and oxygen atoms in total. The fraction of sp³-hybridized carbons (Fsp3) is 1.00. The van der Waals surface area contributed by atoms with Crippen molar-refractivity contribution in [3.8, 4) is 0 Å². The summed E-state index contributed by atoms with van der Waals surface area (Å²) in [5, 5.41) is 8.75. The first-order valence-corrected chi connectivity index (χ1v) is 2.19. The Balaban J connectivity index is 2.41. The molecule has 46 valence electrons. The fourth-order valence-electron chi connectivity index (χ4n) is 0.428. The van der Waals surface area contributed by atoms with Gasteiger partial charge in [0.15, 0.2) is 0 Å². The Morgan fingerprint density at radius 3 is 2.88 bits per heavy atom. The van der Waals surface area contributed by atoms with Crippen molar-refractivity contribution in [1.82, 2.24) is 16.0 Å². The Morgan fingerprint density at radius 1 is 1.88 bits per heavy atom. The second-order valence-electron chi connectivity index (χ2n) is 1.47. The number of rotatable bonds is 1. The van der Waals surface area contributed by atoms with Gasteiger partial charge in [0.25, 0.3) is 0 Å². The summed E-state index contributed by atoms with van der Waals surface area (Å²) in [5.41, 5.74) is 4.99. The third kappa shape index (κ3) is 0.760. The van der Waals surface area contributed by atoms with Crippen LogP contribution < -0.4 is 16.8 Å². The molecule has 0 saturated heterocycles. The van der Waals surface area contributed by atoms with Crippen molar-refractivity contribution in [2.24, 2.45) is 16.2 Å². The van der Waals surface area contributed by atoms with Gasteiger partial charge in [0, 0.05) is 7.05 Å². The molecule has 0 aromatic rings. The fourth-order valence-corrected chi connectivity index (χ4v) is 0.428. The van der Waals surface area contributed by atoms with Crippen LogP contribution in [0.15, 0.2) is 10.3 Å². The molecule has 0 spiro atoms. The zero-order valence-electron chi connectivity index (χ0n) is 4.50. The topological polar surface area (TPSA) is 78.0 Å². The Kier molecular flexibility index (Phi) is 1.38. The van der Waals surface area contributed by atoms with Crippen LogP contribution in [0.1, 0.15) is 0 Å². The minimum absolute atomic E-state index is 0.227. The lowest BCUT2D eigenvalue weighted by molar-refractivity contribution is 0.190. The molecule has 0 aromatic heterocycles. The SMILES string of the molecule is CN1NN=NC1NN. The maximum absolute atomic E-state index is 5.04. The lowest BCUT2D eigenvalue weighted by Crippen LogP contribution is -2.46. The third-order valence-electron chi connectivity index (χ3n) is 0.885. The zero-order chi connectivity index (χ0) is 5.98. The highest BCUT2D eigenvalue weighted by molar-refractivity contribution is 4.55. The number of hydrazine groups is 2. The van der Waals surface area contributed by atoms with Crippen molar-refractivity contribution in [2.75, 3.05) is 7.05 Å². The molecule has 1 aliphatic rings. The summed E-state index contributed by atoms with van der Waals surface area (Å²) in [6, 6.07) is 0. The van der Waals surface area contributed by atoms with Gasteiger partial charge in [-0.2, -0.15) is 5.01 Å². The second-order valence-corrected chi connectivity index (χ2v) is 1.47. The molecule has 0 radical (unpaired) electrons. The van der Waals surface area contributed by atoms with Gasteiger partial charge in [0.1, 0.15) is 0 Å². The smallest absolute Gasteiger partial charge is 0.208 e. The van der Waals surface area contributed by atoms with Gasteiger partial charge >= 0.3 is 0 Å². The highest BCUT2D eigenvalue weighted by Crippen LogP contribution is 1.95. The first-order valence-electron chi connectivity index (χ1n) is 2.19. The van der Waals surface area contributed by atoms with Gasteiger partial charge in [-0.15, -0.1) is 5.11 Å². The molecule has 1 aliphatic heterocycles. The quantitative estimate of drug-likeness (QED) is 0.289. The van der Waals surface area contributed by atoms with E-state index in [-0.39, 0.29) is 6.29 Å². The summed E-state index contributed by atoms with van der Waals surface area (Å²) >= 11 is 0. The van der Waals surface area contributed by atoms with Crippen LogP contribution in [0.2, 0.25) is 0 Å². The third-order valence-corrected chi connectivity index (χ3v) is 0.885. The predicted octanol–water partition coefficient (Wildman–Crippen LogP) is -1.45. The molecule has 0 aliphatic carbocycles. The standard InChI is InChI=1S/C2H8N6/c1-8-2(4-3)5-6-7-8/h2,4H,3H2,1H3,(H,5,7). The van der Waals surface area contributed by atoms with Crippen molar-refractivity contribution in [1.29, 1.82) is 0 Å². The molecule has 0 saturated carbocycles. The highest BCUT2D eigenvalue weighted by atomic mass is 15.8. The molecule has 0 aromatic carbocycles. The summed E-state index contributed by atoms with van der Waals surface area (Å²) in [7, 11) is 1.78. The van der Waals surface area contributed by atoms with E-state index in [0.29, 0.717) is 0 Å². The molecule has 0 fully saturated rings. The largest absolute Gasteiger partial charge is 0.268 e. The maximum atomic E-state index is 5.04. The van der Waals surface area contributed by atoms with E-state index in [1.807, 2.05) is 0 Å². The van der Waals surface area contributed by atoms with Gasteiger partial charge in [-0.05, 0) is 0 Å². The van der Waals surface area contributed by atoms with Crippen molar-refractivity contribution in [3.05, 3.63) is 0 Å². The van der Waals surface area contributed by atoms with E-state index in [1.165, 1.54) is 0 Å². The molecular weight excluding hydrogens is 108 g/mol. The first kappa shape index (κ1) is 5.42. The Labute approximate surface area is 46.7 Å². The van der Waals surface area contributed by atoms with Crippen LogP contribution >= 0.6 is 0 Å². The van der Waals surface area contributed by atoms with Crippen LogP contribution in [-0.4, -0.2) is 18.3 Å². The number of nitrogens with two attached hydrogens (primary N) is 1. The van der Waals surface area contributed by atoms with Gasteiger partial charge in [-0.3, -0.25) is 5.84 Å². The molecule has 4 N–H and O–H groups in total. The summed E-state index contributed by atoms with van der Waals surface area (Å²) < 4.78 is 0. The van der Waals surface area contributed by atoms with E-state index in [0.717, 1.165) is 0 Å². The van der Waals surface area contributed by atoms with Crippen LogP contribution in [0.3, 0.4) is 0 Å². The molecule has 1 unspecified atom stereocenters. The number of hydrogen-bond acceptors (Lipinski definition) is 6. The molecule has 0 bridgehead atoms. The van der Waals surface area contributed by atoms with E-state index in [1.54, 1.807) is 12.1 Å².